The lowest BCUT2D eigenvalue weighted by Crippen LogP contribution is -2.25. The van der Waals surface area contributed by atoms with Crippen molar-refractivity contribution in [1.29, 1.82) is 0 Å². The van der Waals surface area contributed by atoms with Crippen LogP contribution < -0.4 is 10.6 Å². The molecule has 1 aromatic heterocycles. The van der Waals surface area contributed by atoms with Crippen molar-refractivity contribution < 1.29 is 9.18 Å². The van der Waals surface area contributed by atoms with Crippen LogP contribution in [0.3, 0.4) is 0 Å². The number of halogens is 1. The van der Waals surface area contributed by atoms with Gasteiger partial charge in [0, 0.05) is 36.7 Å². The van der Waals surface area contributed by atoms with E-state index in [2.05, 4.69) is 15.6 Å². The van der Waals surface area contributed by atoms with Crippen LogP contribution in [0.15, 0.2) is 48.8 Å². The minimum absolute atomic E-state index is 0.113. The van der Waals surface area contributed by atoms with E-state index in [0.717, 1.165) is 12.1 Å². The average Bonchev–Trinajstić information content (AvgIpc) is 2.48. The van der Waals surface area contributed by atoms with Crippen molar-refractivity contribution in [3.63, 3.8) is 0 Å². The van der Waals surface area contributed by atoms with Crippen molar-refractivity contribution in [2.75, 3.05) is 18.4 Å². The normalized spacial score (nSPS) is 10.1. The molecule has 0 unspecified atom stereocenters. The SMILES string of the molecule is O=C(NCCCNc1cccc(F)c1)c1ccncc1. The zero-order valence-electron chi connectivity index (χ0n) is 11.0. The van der Waals surface area contributed by atoms with E-state index in [9.17, 15) is 9.18 Å². The number of nitrogens with one attached hydrogen (secondary N) is 2. The fraction of sp³-hybridized carbons (Fsp3) is 0.200. The second-order valence-electron chi connectivity index (χ2n) is 4.28. The molecule has 0 spiro atoms. The topological polar surface area (TPSA) is 54.0 Å². The summed E-state index contributed by atoms with van der Waals surface area (Å²) in [6.45, 7) is 1.23. The van der Waals surface area contributed by atoms with E-state index in [1.165, 1.54) is 12.1 Å². The van der Waals surface area contributed by atoms with Crippen LogP contribution in [0, 0.1) is 5.82 Å². The number of hydrogen-bond donors (Lipinski definition) is 2. The molecule has 20 heavy (non-hydrogen) atoms. The molecule has 2 N–H and O–H groups in total. The van der Waals surface area contributed by atoms with Gasteiger partial charge in [-0.05, 0) is 36.8 Å². The highest BCUT2D eigenvalue weighted by Gasteiger charge is 2.02. The average molecular weight is 273 g/mol. The van der Waals surface area contributed by atoms with E-state index in [4.69, 9.17) is 0 Å². The first-order valence-corrected chi connectivity index (χ1v) is 6.43. The van der Waals surface area contributed by atoms with Gasteiger partial charge in [-0.2, -0.15) is 0 Å². The largest absolute Gasteiger partial charge is 0.385 e. The van der Waals surface area contributed by atoms with Gasteiger partial charge < -0.3 is 10.6 Å². The molecule has 104 valence electrons. The number of aromatic nitrogens is 1. The second kappa shape index (κ2) is 7.23. The smallest absolute Gasteiger partial charge is 0.251 e. The van der Waals surface area contributed by atoms with Crippen molar-refractivity contribution in [1.82, 2.24) is 10.3 Å². The summed E-state index contributed by atoms with van der Waals surface area (Å²) < 4.78 is 12.9. The van der Waals surface area contributed by atoms with Crippen molar-refractivity contribution >= 4 is 11.6 Å². The molecule has 0 aliphatic carbocycles. The Kier molecular flexibility index (Phi) is 5.06. The quantitative estimate of drug-likeness (QED) is 0.795. The molecule has 0 aliphatic rings. The summed E-state index contributed by atoms with van der Waals surface area (Å²) >= 11 is 0. The van der Waals surface area contributed by atoms with Crippen LogP contribution in [0.2, 0.25) is 0 Å². The van der Waals surface area contributed by atoms with Gasteiger partial charge in [-0.15, -0.1) is 0 Å². The molecule has 0 fully saturated rings. The van der Waals surface area contributed by atoms with E-state index in [1.54, 1.807) is 36.7 Å². The van der Waals surface area contributed by atoms with Gasteiger partial charge in [0.1, 0.15) is 5.82 Å². The Bertz CT molecular complexity index is 560. The second-order valence-corrected chi connectivity index (χ2v) is 4.28. The number of rotatable bonds is 6. The Balaban J connectivity index is 1.66. The number of carbonyl (C=O) groups is 1. The third-order valence-electron chi connectivity index (χ3n) is 2.74. The predicted molar refractivity (Wildman–Crippen MR) is 76.1 cm³/mol. The molecule has 0 saturated heterocycles. The van der Waals surface area contributed by atoms with Crippen LogP contribution in [0.4, 0.5) is 10.1 Å². The minimum Gasteiger partial charge on any atom is -0.385 e. The molecule has 2 aromatic rings. The standard InChI is InChI=1S/C15H16FN3O/c16-13-3-1-4-14(11-13)18-7-2-8-19-15(20)12-5-9-17-10-6-12/h1,3-6,9-11,18H,2,7-8H2,(H,19,20). The lowest BCUT2D eigenvalue weighted by Gasteiger charge is -2.07. The van der Waals surface area contributed by atoms with E-state index >= 15 is 0 Å². The maximum absolute atomic E-state index is 12.9. The Morgan fingerprint density at radius 2 is 1.95 bits per heavy atom. The van der Waals surface area contributed by atoms with Gasteiger partial charge in [0.25, 0.3) is 5.91 Å². The first-order valence-electron chi connectivity index (χ1n) is 6.43. The molecule has 1 amide bonds. The number of nitrogens with zero attached hydrogens (tertiary/aromatic N) is 1. The summed E-state index contributed by atoms with van der Waals surface area (Å²) in [6.07, 6.45) is 3.92. The summed E-state index contributed by atoms with van der Waals surface area (Å²) in [4.78, 5) is 15.6. The van der Waals surface area contributed by atoms with Crippen LogP contribution in [0.25, 0.3) is 0 Å². The Morgan fingerprint density at radius 1 is 1.15 bits per heavy atom. The molecule has 0 atom stereocenters. The molecule has 1 heterocycles. The highest BCUT2D eigenvalue weighted by atomic mass is 19.1. The molecule has 4 nitrogen and oxygen atoms in total. The molecular weight excluding hydrogens is 257 g/mol. The highest BCUT2D eigenvalue weighted by molar-refractivity contribution is 5.93. The summed E-state index contributed by atoms with van der Waals surface area (Å²) in [5, 5.41) is 5.91. The molecule has 2 rings (SSSR count). The summed E-state index contributed by atoms with van der Waals surface area (Å²) in [7, 11) is 0. The number of amides is 1. The van der Waals surface area contributed by atoms with Gasteiger partial charge in [0.2, 0.25) is 0 Å². The third-order valence-corrected chi connectivity index (χ3v) is 2.74. The van der Waals surface area contributed by atoms with Crippen molar-refractivity contribution in [3.8, 4) is 0 Å². The molecule has 0 aliphatic heterocycles. The fourth-order valence-corrected chi connectivity index (χ4v) is 1.73. The van der Waals surface area contributed by atoms with Crippen LogP contribution in [-0.4, -0.2) is 24.0 Å². The third kappa shape index (κ3) is 4.35. The van der Waals surface area contributed by atoms with Crippen molar-refractivity contribution in [3.05, 3.63) is 60.2 Å². The fourth-order valence-electron chi connectivity index (χ4n) is 1.73. The molecule has 1 aromatic carbocycles. The predicted octanol–water partition coefficient (Wildman–Crippen LogP) is 2.45. The highest BCUT2D eigenvalue weighted by Crippen LogP contribution is 2.08. The van der Waals surface area contributed by atoms with E-state index < -0.39 is 0 Å². The minimum atomic E-state index is -0.263. The van der Waals surface area contributed by atoms with E-state index in [0.29, 0.717) is 18.7 Å². The maximum Gasteiger partial charge on any atom is 0.251 e. The van der Waals surface area contributed by atoms with Gasteiger partial charge >= 0.3 is 0 Å². The van der Waals surface area contributed by atoms with Crippen molar-refractivity contribution in [2.24, 2.45) is 0 Å². The number of pyridine rings is 1. The number of carbonyl (C=O) groups excluding carboxylic acids is 1. The zero-order valence-corrected chi connectivity index (χ0v) is 11.0. The molecular formula is C15H16FN3O. The maximum atomic E-state index is 12.9. The van der Waals surface area contributed by atoms with Crippen LogP contribution in [0.1, 0.15) is 16.8 Å². The summed E-state index contributed by atoms with van der Waals surface area (Å²) in [6, 6.07) is 9.64. The summed E-state index contributed by atoms with van der Waals surface area (Å²) in [5.74, 6) is -0.376. The van der Waals surface area contributed by atoms with Gasteiger partial charge in [-0.3, -0.25) is 9.78 Å². The van der Waals surface area contributed by atoms with Gasteiger partial charge in [0.15, 0.2) is 0 Å². The van der Waals surface area contributed by atoms with Crippen LogP contribution in [-0.2, 0) is 0 Å². The Morgan fingerprint density at radius 3 is 2.70 bits per heavy atom. The van der Waals surface area contributed by atoms with Gasteiger partial charge in [-0.25, -0.2) is 4.39 Å². The van der Waals surface area contributed by atoms with Crippen molar-refractivity contribution in [2.45, 2.75) is 6.42 Å². The van der Waals surface area contributed by atoms with Gasteiger partial charge in [-0.1, -0.05) is 6.07 Å². The van der Waals surface area contributed by atoms with E-state index in [1.807, 2.05) is 0 Å². The number of anilines is 1. The van der Waals surface area contributed by atoms with E-state index in [-0.39, 0.29) is 11.7 Å². The first kappa shape index (κ1) is 14.0. The first-order chi connectivity index (χ1) is 9.75. The molecule has 0 saturated carbocycles. The number of benzene rings is 1. The van der Waals surface area contributed by atoms with Crippen LogP contribution >= 0.6 is 0 Å². The number of hydrogen-bond acceptors (Lipinski definition) is 3. The molecule has 5 heteroatoms. The monoisotopic (exact) mass is 273 g/mol. The van der Waals surface area contributed by atoms with Crippen LogP contribution in [0.5, 0.6) is 0 Å². The lowest BCUT2D eigenvalue weighted by molar-refractivity contribution is 0.0953. The zero-order chi connectivity index (χ0) is 14.2. The lowest BCUT2D eigenvalue weighted by atomic mass is 10.2. The Hall–Kier alpha value is -2.43. The molecule has 0 bridgehead atoms. The summed E-state index contributed by atoms with van der Waals surface area (Å²) in [5.41, 5.74) is 1.34. The molecule has 0 radical (unpaired) electrons. The van der Waals surface area contributed by atoms with Gasteiger partial charge in [0.05, 0.1) is 0 Å². The Labute approximate surface area is 117 Å².